The van der Waals surface area contributed by atoms with Crippen LogP contribution < -0.4 is 0 Å². The van der Waals surface area contributed by atoms with E-state index in [1.807, 2.05) is 122 Å². The molecule has 0 saturated heterocycles. The number of nitrogens with zero attached hydrogens (tertiary/aromatic N) is 11. The minimum Gasteiger partial charge on any atom is -0.859 e. The van der Waals surface area contributed by atoms with Gasteiger partial charge in [0.15, 0.2) is 0 Å². The predicted molar refractivity (Wildman–Crippen MR) is 562 cm³/mol. The maximum absolute atomic E-state index is 9.87. The second-order valence-electron chi connectivity index (χ2n) is 27.0. The van der Waals surface area contributed by atoms with Crippen molar-refractivity contribution in [2.75, 3.05) is 0 Å². The van der Waals surface area contributed by atoms with Crippen molar-refractivity contribution in [1.82, 2.24) is 34.9 Å². The van der Waals surface area contributed by atoms with Gasteiger partial charge in [0.05, 0.1) is 17.8 Å². The quantitative estimate of drug-likeness (QED) is 0.0479. The van der Waals surface area contributed by atoms with Crippen LogP contribution in [-0.2, 0) is 80.4 Å². The van der Waals surface area contributed by atoms with Crippen LogP contribution in [-0.4, -0.2) is 57.7 Å². The van der Waals surface area contributed by atoms with Crippen molar-refractivity contribution < 1.29 is 119 Å². The van der Waals surface area contributed by atoms with Crippen molar-refractivity contribution in [2.24, 2.45) is 10.9 Å². The van der Waals surface area contributed by atoms with Gasteiger partial charge in [0.1, 0.15) is 14.5 Å². The molecule has 1 aliphatic rings. The standard InChI is InChI=1S/C18H13N2S.C17H13N2S.C13H15N.C12H12N.C12H7S.C11H6NS.2C11H9N.2C5H5N.CH4.4Ir/c1-11-6-9-16(19-10-11)15-5-3-4-13-14-8-7-12(2)20-18(14)21-17(13)15;1-13-9-10-14-6-2-3-7-15(12-20-17(14)19-13)16-8-4-5-11-18-16;1-10(2)11(3)9-13(14)12-7-5-4-6-8-12;1-10-7-8-12(13-9-10)11-5-3-2-4-6-11;1-3-7-11-9(5-1)10-6-2-4-8-12(10)13-11;1-2-6-10-8(4-1)9-5-3-7-12-11(9)13-10;2*1-2-3-9-11(12)10-7-5-4-6-8-10;2*1-2-4-6-5-3-1;;;;;/h3-4,6-10H,1-2H3;2-6,8-12H,1H3;4-7,11H,1,9H2,2-3H3;2-5,9H,7-8H2,1H3;1,3-8H;1,3-7H;2*2-7,9H,1H2;2*1-5H;1H4;;;;/q2*-1;-2;3*-1;2*-2;;;;;3*+3/b;;;;;;2*9-3-;;;;;;;/i1D3,6D,9D,10D;1D3,4D,5D,8D,11D;2D3;1D3;;;;;1D,2D,3D,4D;1D,2D;1D3;;;;. The molecule has 11 aromatic heterocycles. The summed E-state index contributed by atoms with van der Waals surface area (Å²) in [5.41, 5.74) is 6.35. The van der Waals surface area contributed by atoms with Gasteiger partial charge < -0.3 is 31.2 Å². The first-order valence-electron chi connectivity index (χ1n) is 54.1. The molecule has 0 aliphatic carbocycles. The van der Waals surface area contributed by atoms with Crippen molar-refractivity contribution in [2.45, 2.75) is 67.9 Å². The monoisotopic (exact) mass is 2570 g/mol. The average molecular weight is 2570 g/mol. The van der Waals surface area contributed by atoms with Gasteiger partial charge in [-0.15, -0.1) is 197 Å². The third-order valence-corrected chi connectivity index (χ3v) is 22.1. The zero-order chi connectivity index (χ0) is 116. The smallest absolute Gasteiger partial charge is 0.859 e. The molecule has 1 radical (unpaired) electrons. The summed E-state index contributed by atoms with van der Waals surface area (Å²) in [4.78, 5) is 34.8. The van der Waals surface area contributed by atoms with Gasteiger partial charge in [-0.3, -0.25) is 15.7 Å². The summed E-state index contributed by atoms with van der Waals surface area (Å²) in [6.07, 6.45) is 17.3. The van der Waals surface area contributed by atoms with Crippen LogP contribution >= 0.6 is 45.3 Å². The van der Waals surface area contributed by atoms with Gasteiger partial charge in [-0.05, 0) is 146 Å². The predicted octanol–water partition coefficient (Wildman–Crippen LogP) is 31.0. The van der Waals surface area contributed by atoms with E-state index < -0.39 is 64.8 Å². The topological polar surface area (TPSA) is 169 Å². The number of allylic oxidation sites excluding steroid dienone is 8. The van der Waals surface area contributed by atoms with Crippen LogP contribution in [0.15, 0.2) is 418 Å². The van der Waals surface area contributed by atoms with Crippen molar-refractivity contribution in [3.63, 3.8) is 0 Å². The number of pyridine rings is 7. The third-order valence-electron chi connectivity index (χ3n) is 17.8. The maximum atomic E-state index is 9.87. The van der Waals surface area contributed by atoms with E-state index in [2.05, 4.69) is 157 Å². The van der Waals surface area contributed by atoms with Crippen molar-refractivity contribution in [3.8, 4) is 22.5 Å². The van der Waals surface area contributed by atoms with Gasteiger partial charge in [-0.2, -0.15) is 111 Å². The Labute approximate surface area is 904 Å². The van der Waals surface area contributed by atoms with Crippen LogP contribution in [0.4, 0.5) is 0 Å². The van der Waals surface area contributed by atoms with Crippen molar-refractivity contribution in [1.29, 1.82) is 0 Å². The molecular weight excluding hydrogens is 2440 g/mol. The largest absolute Gasteiger partial charge is 3.00 e. The molecule has 1 aliphatic heterocycles. The Hall–Kier alpha value is -12.4. The number of benzene rings is 8. The minimum absolute atomic E-state index is 0. The van der Waals surface area contributed by atoms with Gasteiger partial charge in [0.2, 0.25) is 0 Å². The van der Waals surface area contributed by atoms with Crippen LogP contribution in [0.25, 0.3) is 110 Å². The van der Waals surface area contributed by atoms with Crippen LogP contribution in [0.1, 0.15) is 125 Å². The molecule has 8 aromatic carbocycles. The molecule has 19 heteroatoms. The van der Waals surface area contributed by atoms with E-state index >= 15 is 0 Å². The SMILES string of the molecule is C=C/C=C\C(=[N-])c1[c-]cccc1.C=C/C=C\C(=[N-])c1[c-]cccc1.[2H]C([2H])([2H])C(=C)C(C)CC(=[N-])c1[c-]cccc1.[2H]C([2H])([2H])C1=CN=C(c2[c-]cccc2)CC1.[2H]C([2H])[2H].[2H]c1ccncc1[2H].[2H]c1cnc([2H])c([2H])c1[2H].[2H]c1nc(-c2[c-]ccc3c2sc2nc(C)ccc23)c([2H])c([2H])c1C([2H])([2H])[2H].[2H]c1nc(-c2[c-]cccc3ccc(C([2H])([2H])[2H])nc3sc2)c([2H])c([2H])c1[2H].[Ir+3].[Ir+3].[Ir+3].[Ir].[c-]1ccc2c(c1)sc1ncccc12.[c-]1ccc2sc3ccccc3c2c1. The van der Waals surface area contributed by atoms with Crippen molar-refractivity contribution >= 4 is 139 Å². The number of hydrogen-bond donors (Lipinski definition) is 0. The van der Waals surface area contributed by atoms with Crippen LogP contribution in [0.5, 0.6) is 0 Å². The first kappa shape index (κ1) is 74.9. The molecule has 1 atom stereocenters. The molecule has 0 spiro atoms. The number of aromatic nitrogens is 7. The van der Waals surface area contributed by atoms with Crippen LogP contribution in [0.3, 0.4) is 0 Å². The van der Waals surface area contributed by atoms with Crippen LogP contribution in [0, 0.1) is 75.1 Å². The maximum Gasteiger partial charge on any atom is 3.00 e. The number of fused-ring (bicyclic) bond motifs is 10. The number of hydrogen-bond acceptors (Lipinski definition) is 12. The Kier molecular flexibility index (Phi) is 34.1. The molecule has 0 amide bonds. The zero-order valence-corrected chi connectivity index (χ0v) is 85.0. The fourth-order valence-electron chi connectivity index (χ4n) is 11.5. The molecule has 12 heterocycles. The molecule has 0 fully saturated rings. The first-order chi connectivity index (χ1) is 75.5. The number of rotatable bonds is 13. The Morgan fingerprint density at radius 2 is 1.16 bits per heavy atom. The molecule has 20 rings (SSSR count). The minimum atomic E-state index is -2.66. The molecule has 0 saturated carbocycles. The van der Waals surface area contributed by atoms with E-state index in [1.165, 1.54) is 77.7 Å². The summed E-state index contributed by atoms with van der Waals surface area (Å²) in [7, 11) is -1.42. The van der Waals surface area contributed by atoms with Gasteiger partial charge in [-0.1, -0.05) is 180 Å². The van der Waals surface area contributed by atoms with E-state index in [9.17, 15) is 16.2 Å². The Morgan fingerprint density at radius 1 is 0.511 bits per heavy atom. The molecule has 0 N–H and O–H groups in total. The Morgan fingerprint density at radius 3 is 1.84 bits per heavy atom. The molecule has 135 heavy (non-hydrogen) atoms. The van der Waals surface area contributed by atoms with Gasteiger partial charge in [0.25, 0.3) is 0 Å². The summed E-state index contributed by atoms with van der Waals surface area (Å²) >= 11 is 6.13. The summed E-state index contributed by atoms with van der Waals surface area (Å²) < 4.78 is 209. The molecule has 11 nitrogen and oxygen atoms in total. The molecule has 0 bridgehead atoms. The normalized spacial score (nSPS) is 14.1. The molecular formula is C116H98Ir4N11S4-2. The fourth-order valence-corrected chi connectivity index (χ4v) is 15.6. The first-order valence-corrected chi connectivity index (χ1v) is 43.2. The van der Waals surface area contributed by atoms with E-state index in [0.717, 1.165) is 65.0 Å². The van der Waals surface area contributed by atoms with Crippen LogP contribution in [0.2, 0.25) is 0 Å². The second-order valence-corrected chi connectivity index (χ2v) is 30.9. The van der Waals surface area contributed by atoms with Crippen molar-refractivity contribution in [3.05, 3.63) is 517 Å². The summed E-state index contributed by atoms with van der Waals surface area (Å²) in [5.74, 6) is -0.295. The van der Waals surface area contributed by atoms with Gasteiger partial charge in [0, 0.05) is 112 Å². The third kappa shape index (κ3) is 36.1. The Balaban J connectivity index is 0.000000279. The number of aryl methyl sites for hydroxylation is 2. The van der Waals surface area contributed by atoms with E-state index in [4.69, 9.17) is 38.4 Å². The zero-order valence-electron chi connectivity index (χ0n) is 100. The second kappa shape index (κ2) is 61.5. The Bertz CT molecular complexity index is 8170. The fraction of sp³-hybridized carbons (Fsp3) is 0.0948. The molecule has 679 valence electrons. The summed E-state index contributed by atoms with van der Waals surface area (Å²) in [6.45, 7) is 5.08. The van der Waals surface area contributed by atoms with Gasteiger partial charge >= 0.3 is 60.3 Å². The van der Waals surface area contributed by atoms with E-state index in [1.54, 1.807) is 133 Å². The molecule has 1 unspecified atom stereocenters. The summed E-state index contributed by atoms with van der Waals surface area (Å²) in [6, 6.07) is 93.1. The number of aliphatic imine (C=N–C) groups is 1. The summed E-state index contributed by atoms with van der Waals surface area (Å²) in [5, 5.41) is 38.1. The van der Waals surface area contributed by atoms with E-state index in [0.29, 0.717) is 51.1 Å². The average Bonchev–Trinajstić information content (AvgIpc) is 1.67. The molecule has 19 aromatic rings. The number of thiophene rings is 3. The van der Waals surface area contributed by atoms with E-state index in [-0.39, 0.29) is 187 Å². The van der Waals surface area contributed by atoms with Gasteiger partial charge in [-0.25, -0.2) is 26.4 Å².